The van der Waals surface area contributed by atoms with Gasteiger partial charge >= 0.3 is 0 Å². The molecule has 0 atom stereocenters. The van der Waals surface area contributed by atoms with Gasteiger partial charge in [-0.25, -0.2) is 9.97 Å². The van der Waals surface area contributed by atoms with Crippen LogP contribution >= 0.6 is 0 Å². The van der Waals surface area contributed by atoms with Crippen LogP contribution in [0.1, 0.15) is 17.1 Å². The van der Waals surface area contributed by atoms with Crippen molar-refractivity contribution in [3.05, 3.63) is 46.3 Å². The topological polar surface area (TPSA) is 58.5 Å². The molecular weight excluding hydrogens is 240 g/mol. The third kappa shape index (κ3) is 2.13. The monoisotopic (exact) mass is 254 g/mol. The Morgan fingerprint density at radius 2 is 1.89 bits per heavy atom. The third-order valence-corrected chi connectivity index (χ3v) is 3.30. The third-order valence-electron chi connectivity index (χ3n) is 3.30. The lowest BCUT2D eigenvalue weighted by atomic mass is 10.1. The van der Waals surface area contributed by atoms with E-state index in [9.17, 15) is 4.91 Å². The second-order valence-electron chi connectivity index (χ2n) is 4.86. The average Bonchev–Trinajstić information content (AvgIpc) is 2.78. The van der Waals surface area contributed by atoms with E-state index >= 15 is 0 Å². The van der Waals surface area contributed by atoms with E-state index in [0.29, 0.717) is 5.69 Å². The minimum absolute atomic E-state index is 0.434. The van der Waals surface area contributed by atoms with Crippen molar-refractivity contribution in [2.75, 3.05) is 7.05 Å². The molecule has 3 rings (SSSR count). The van der Waals surface area contributed by atoms with Crippen molar-refractivity contribution in [2.24, 2.45) is 5.18 Å². The number of nitroso groups, excluding NO2 is 1. The maximum atomic E-state index is 10.5. The van der Waals surface area contributed by atoms with Crippen LogP contribution in [0.15, 0.2) is 29.4 Å². The van der Waals surface area contributed by atoms with Crippen LogP contribution in [0.3, 0.4) is 0 Å². The highest BCUT2D eigenvalue weighted by Crippen LogP contribution is 2.30. The number of fused-ring (bicyclic) bond motifs is 1. The molecule has 2 heterocycles. The van der Waals surface area contributed by atoms with Crippen molar-refractivity contribution in [1.82, 2.24) is 14.9 Å². The van der Waals surface area contributed by atoms with Gasteiger partial charge in [0.1, 0.15) is 11.5 Å². The Morgan fingerprint density at radius 3 is 2.58 bits per heavy atom. The maximum absolute atomic E-state index is 10.5. The summed E-state index contributed by atoms with van der Waals surface area (Å²) in [4.78, 5) is 21.7. The Bertz CT molecular complexity index is 637. The standard InChI is InChI=1S/C14H14N4O/c1-9-15-13-8-18(2)7-12(13)14(16-9)10-3-5-11(17-19)6-4-10/h3-6H,7-8H2,1-2H3. The molecule has 0 spiro atoms. The van der Waals surface area contributed by atoms with Crippen molar-refractivity contribution in [3.63, 3.8) is 0 Å². The van der Waals surface area contributed by atoms with E-state index in [-0.39, 0.29) is 0 Å². The fourth-order valence-corrected chi connectivity index (χ4v) is 2.45. The van der Waals surface area contributed by atoms with E-state index in [1.165, 1.54) is 5.56 Å². The fraction of sp³-hybridized carbons (Fsp3) is 0.286. The number of nitrogens with zero attached hydrogens (tertiary/aromatic N) is 4. The molecule has 0 fully saturated rings. The molecule has 0 N–H and O–H groups in total. The number of hydrogen-bond acceptors (Lipinski definition) is 5. The summed E-state index contributed by atoms with van der Waals surface area (Å²) >= 11 is 0. The summed E-state index contributed by atoms with van der Waals surface area (Å²) in [7, 11) is 2.07. The first-order valence-electron chi connectivity index (χ1n) is 6.16. The summed E-state index contributed by atoms with van der Waals surface area (Å²) < 4.78 is 0. The summed E-state index contributed by atoms with van der Waals surface area (Å²) in [5.74, 6) is 0.779. The van der Waals surface area contributed by atoms with Crippen LogP contribution in [0.5, 0.6) is 0 Å². The van der Waals surface area contributed by atoms with Crippen molar-refractivity contribution in [1.29, 1.82) is 0 Å². The van der Waals surface area contributed by atoms with Crippen molar-refractivity contribution in [3.8, 4) is 11.3 Å². The summed E-state index contributed by atoms with van der Waals surface area (Å²) in [6.07, 6.45) is 0. The second-order valence-corrected chi connectivity index (χ2v) is 4.86. The summed E-state index contributed by atoms with van der Waals surface area (Å²) in [5.41, 5.74) is 4.68. The Labute approximate surface area is 111 Å². The molecule has 1 aliphatic heterocycles. The normalized spacial score (nSPS) is 14.4. The van der Waals surface area contributed by atoms with Crippen LogP contribution < -0.4 is 0 Å². The van der Waals surface area contributed by atoms with E-state index in [2.05, 4.69) is 27.1 Å². The Balaban J connectivity index is 2.12. The second kappa shape index (κ2) is 4.51. The zero-order valence-corrected chi connectivity index (χ0v) is 10.9. The quantitative estimate of drug-likeness (QED) is 0.773. The molecule has 0 amide bonds. The molecule has 96 valence electrons. The lowest BCUT2D eigenvalue weighted by Gasteiger charge is -2.08. The predicted octanol–water partition coefficient (Wildman–Crippen LogP) is 2.80. The zero-order valence-electron chi connectivity index (χ0n) is 10.9. The van der Waals surface area contributed by atoms with Gasteiger partial charge in [-0.3, -0.25) is 4.90 Å². The van der Waals surface area contributed by atoms with E-state index in [1.807, 2.05) is 19.1 Å². The van der Waals surface area contributed by atoms with Crippen molar-refractivity contribution >= 4 is 5.69 Å². The van der Waals surface area contributed by atoms with Gasteiger partial charge in [0, 0.05) is 24.2 Å². The van der Waals surface area contributed by atoms with E-state index in [0.717, 1.165) is 35.9 Å². The summed E-state index contributed by atoms with van der Waals surface area (Å²) in [6.45, 7) is 3.63. The van der Waals surface area contributed by atoms with Crippen LogP contribution in [0.4, 0.5) is 5.69 Å². The molecule has 2 aromatic rings. The SMILES string of the molecule is Cc1nc2c(c(-c3ccc(N=O)cc3)n1)CN(C)C2. The molecule has 1 aliphatic rings. The molecule has 0 bridgehead atoms. The molecule has 5 nitrogen and oxygen atoms in total. The molecule has 1 aromatic heterocycles. The molecule has 0 saturated carbocycles. The van der Waals surface area contributed by atoms with Crippen LogP contribution in [0.25, 0.3) is 11.3 Å². The predicted molar refractivity (Wildman–Crippen MR) is 72.8 cm³/mol. The maximum Gasteiger partial charge on any atom is 0.126 e. The first-order valence-corrected chi connectivity index (χ1v) is 6.16. The fourth-order valence-electron chi connectivity index (χ4n) is 2.45. The van der Waals surface area contributed by atoms with Gasteiger partial charge in [0.05, 0.1) is 11.4 Å². The van der Waals surface area contributed by atoms with Gasteiger partial charge in [-0.2, -0.15) is 0 Å². The van der Waals surface area contributed by atoms with Crippen LogP contribution in [0.2, 0.25) is 0 Å². The molecule has 1 aromatic carbocycles. The summed E-state index contributed by atoms with van der Waals surface area (Å²) in [5, 5.41) is 2.92. The van der Waals surface area contributed by atoms with Gasteiger partial charge < -0.3 is 0 Å². The largest absolute Gasteiger partial charge is 0.296 e. The van der Waals surface area contributed by atoms with Crippen molar-refractivity contribution < 1.29 is 0 Å². The number of benzene rings is 1. The van der Waals surface area contributed by atoms with Gasteiger partial charge in [0.25, 0.3) is 0 Å². The number of aryl methyl sites for hydroxylation is 1. The molecular formula is C14H14N4O. The first kappa shape index (κ1) is 11.9. The van der Waals surface area contributed by atoms with E-state index in [1.54, 1.807) is 12.1 Å². The van der Waals surface area contributed by atoms with Gasteiger partial charge in [0.2, 0.25) is 0 Å². The summed E-state index contributed by atoms with van der Waals surface area (Å²) in [6, 6.07) is 7.20. The Hall–Kier alpha value is -2.14. The van der Waals surface area contributed by atoms with Crippen molar-refractivity contribution in [2.45, 2.75) is 20.0 Å². The minimum atomic E-state index is 0.434. The lowest BCUT2D eigenvalue weighted by molar-refractivity contribution is 0.351. The molecule has 0 unspecified atom stereocenters. The smallest absolute Gasteiger partial charge is 0.126 e. The number of hydrogen-bond donors (Lipinski definition) is 0. The highest BCUT2D eigenvalue weighted by Gasteiger charge is 2.22. The van der Waals surface area contributed by atoms with E-state index in [4.69, 9.17) is 0 Å². The Kier molecular flexibility index (Phi) is 2.83. The van der Waals surface area contributed by atoms with Gasteiger partial charge in [0.15, 0.2) is 0 Å². The van der Waals surface area contributed by atoms with Gasteiger partial charge in [-0.15, -0.1) is 4.91 Å². The van der Waals surface area contributed by atoms with Gasteiger partial charge in [-0.05, 0) is 31.3 Å². The molecule has 0 radical (unpaired) electrons. The lowest BCUT2D eigenvalue weighted by Crippen LogP contribution is -2.07. The first-order chi connectivity index (χ1) is 9.17. The average molecular weight is 254 g/mol. The van der Waals surface area contributed by atoms with E-state index < -0.39 is 0 Å². The molecule has 5 heteroatoms. The van der Waals surface area contributed by atoms with Crippen LogP contribution in [-0.4, -0.2) is 21.9 Å². The Morgan fingerprint density at radius 1 is 1.16 bits per heavy atom. The number of aromatic nitrogens is 2. The molecule has 0 saturated heterocycles. The van der Waals surface area contributed by atoms with Crippen LogP contribution in [0, 0.1) is 11.8 Å². The van der Waals surface area contributed by atoms with Gasteiger partial charge in [-0.1, -0.05) is 12.1 Å². The molecule has 0 aliphatic carbocycles. The number of rotatable bonds is 2. The highest BCUT2D eigenvalue weighted by molar-refractivity contribution is 5.66. The highest BCUT2D eigenvalue weighted by atomic mass is 16.3. The van der Waals surface area contributed by atoms with Crippen LogP contribution in [-0.2, 0) is 13.1 Å². The minimum Gasteiger partial charge on any atom is -0.296 e. The zero-order chi connectivity index (χ0) is 13.4. The molecule has 19 heavy (non-hydrogen) atoms.